The summed E-state index contributed by atoms with van der Waals surface area (Å²) in [7, 11) is 1.69. The van der Waals surface area contributed by atoms with Crippen LogP contribution in [-0.4, -0.2) is 12.7 Å². The van der Waals surface area contributed by atoms with Crippen molar-refractivity contribution in [1.29, 1.82) is 0 Å². The molecule has 3 unspecified atom stereocenters. The van der Waals surface area contributed by atoms with Gasteiger partial charge in [-0.1, -0.05) is 26.3 Å². The molecule has 1 spiro atoms. The summed E-state index contributed by atoms with van der Waals surface area (Å²) in [5, 5.41) is 0. The van der Waals surface area contributed by atoms with Crippen molar-refractivity contribution < 1.29 is 9.47 Å². The maximum atomic E-state index is 6.50. The number of methoxy groups -OCH3 is 1. The Morgan fingerprint density at radius 1 is 1.35 bits per heavy atom. The monoisotopic (exact) mass is 275 g/mol. The van der Waals surface area contributed by atoms with Gasteiger partial charge in [-0.15, -0.1) is 0 Å². The van der Waals surface area contributed by atoms with Crippen LogP contribution in [0.2, 0.25) is 0 Å². The zero-order valence-electron chi connectivity index (χ0n) is 12.7. The molecule has 0 amide bonds. The molecule has 0 bridgehead atoms. The lowest BCUT2D eigenvalue weighted by Crippen LogP contribution is -2.51. The SMILES string of the molecule is COc1ccc2c(c1)OC1(CCCC(C)C1C)C[C@@H]2N. The molecule has 1 saturated carbocycles. The molecule has 1 aliphatic heterocycles. The van der Waals surface area contributed by atoms with Crippen LogP contribution in [0.25, 0.3) is 0 Å². The molecule has 110 valence electrons. The Hall–Kier alpha value is -1.22. The molecule has 0 saturated heterocycles. The largest absolute Gasteiger partial charge is 0.497 e. The van der Waals surface area contributed by atoms with Crippen LogP contribution in [0.4, 0.5) is 0 Å². The molecule has 3 rings (SSSR count). The van der Waals surface area contributed by atoms with Crippen molar-refractivity contribution in [3.05, 3.63) is 23.8 Å². The molecule has 3 nitrogen and oxygen atoms in total. The predicted octanol–water partition coefficient (Wildman–Crippen LogP) is 3.67. The van der Waals surface area contributed by atoms with Gasteiger partial charge in [0, 0.05) is 24.1 Å². The van der Waals surface area contributed by atoms with E-state index in [0.29, 0.717) is 11.8 Å². The van der Waals surface area contributed by atoms with Crippen LogP contribution in [0.5, 0.6) is 11.5 Å². The van der Waals surface area contributed by atoms with Crippen molar-refractivity contribution in [2.24, 2.45) is 17.6 Å². The summed E-state index contributed by atoms with van der Waals surface area (Å²) in [6.45, 7) is 4.66. The van der Waals surface area contributed by atoms with Gasteiger partial charge < -0.3 is 15.2 Å². The summed E-state index contributed by atoms with van der Waals surface area (Å²) in [6, 6.07) is 6.06. The quantitative estimate of drug-likeness (QED) is 0.850. The van der Waals surface area contributed by atoms with Gasteiger partial charge in [0.2, 0.25) is 0 Å². The Bertz CT molecular complexity index is 502. The second-order valence-corrected chi connectivity index (χ2v) is 6.54. The van der Waals surface area contributed by atoms with Gasteiger partial charge in [-0.2, -0.15) is 0 Å². The molecule has 1 heterocycles. The maximum absolute atomic E-state index is 6.50. The lowest BCUT2D eigenvalue weighted by Gasteiger charge is -2.49. The van der Waals surface area contributed by atoms with E-state index >= 15 is 0 Å². The average molecular weight is 275 g/mol. The van der Waals surface area contributed by atoms with E-state index < -0.39 is 0 Å². The molecule has 2 aliphatic rings. The number of fused-ring (bicyclic) bond motifs is 1. The third-order valence-corrected chi connectivity index (χ3v) is 5.44. The lowest BCUT2D eigenvalue weighted by atomic mass is 9.66. The van der Waals surface area contributed by atoms with Crippen molar-refractivity contribution in [2.45, 2.75) is 51.2 Å². The van der Waals surface area contributed by atoms with Gasteiger partial charge in [0.1, 0.15) is 17.1 Å². The van der Waals surface area contributed by atoms with Crippen LogP contribution < -0.4 is 15.2 Å². The fraction of sp³-hybridized carbons (Fsp3) is 0.647. The van der Waals surface area contributed by atoms with Crippen LogP contribution in [0.1, 0.15) is 51.1 Å². The molecule has 0 aromatic heterocycles. The molecular weight excluding hydrogens is 250 g/mol. The maximum Gasteiger partial charge on any atom is 0.128 e. The number of hydrogen-bond acceptors (Lipinski definition) is 3. The highest BCUT2D eigenvalue weighted by molar-refractivity contribution is 5.44. The molecular formula is C17H25NO2. The first-order chi connectivity index (χ1) is 9.55. The highest BCUT2D eigenvalue weighted by atomic mass is 16.5. The molecule has 3 heteroatoms. The van der Waals surface area contributed by atoms with Crippen molar-refractivity contribution in [2.75, 3.05) is 7.11 Å². The third kappa shape index (κ3) is 2.08. The van der Waals surface area contributed by atoms with E-state index in [9.17, 15) is 0 Å². The Balaban J connectivity index is 1.98. The molecule has 1 aromatic carbocycles. The van der Waals surface area contributed by atoms with Crippen LogP contribution >= 0.6 is 0 Å². The number of ether oxygens (including phenoxy) is 2. The minimum atomic E-state index is -0.0869. The standard InChI is InChI=1S/C17H25NO2/c1-11-5-4-8-17(12(11)2)10-15(18)14-7-6-13(19-3)9-16(14)20-17/h6-7,9,11-12,15H,4-5,8,10,18H2,1-3H3/t11?,12?,15-,17?/m0/s1. The third-order valence-electron chi connectivity index (χ3n) is 5.44. The first-order valence-electron chi connectivity index (χ1n) is 7.68. The van der Waals surface area contributed by atoms with Gasteiger partial charge >= 0.3 is 0 Å². The Morgan fingerprint density at radius 2 is 2.15 bits per heavy atom. The fourth-order valence-corrected chi connectivity index (χ4v) is 3.93. The van der Waals surface area contributed by atoms with Gasteiger partial charge in [-0.25, -0.2) is 0 Å². The highest BCUT2D eigenvalue weighted by Gasteiger charge is 2.47. The Labute approximate surface area is 121 Å². The van der Waals surface area contributed by atoms with Gasteiger partial charge in [0.05, 0.1) is 7.11 Å². The Morgan fingerprint density at radius 3 is 2.90 bits per heavy atom. The number of benzene rings is 1. The molecule has 1 fully saturated rings. The first-order valence-corrected chi connectivity index (χ1v) is 7.68. The van der Waals surface area contributed by atoms with Gasteiger partial charge in [-0.05, 0) is 30.7 Å². The minimum absolute atomic E-state index is 0.0670. The summed E-state index contributed by atoms with van der Waals surface area (Å²) < 4.78 is 11.8. The average Bonchev–Trinajstić information content (AvgIpc) is 2.44. The summed E-state index contributed by atoms with van der Waals surface area (Å²) >= 11 is 0. The van der Waals surface area contributed by atoms with Crippen LogP contribution in [0.15, 0.2) is 18.2 Å². The van der Waals surface area contributed by atoms with E-state index in [1.807, 2.05) is 18.2 Å². The minimum Gasteiger partial charge on any atom is -0.497 e. The van der Waals surface area contributed by atoms with E-state index in [4.69, 9.17) is 15.2 Å². The fourth-order valence-electron chi connectivity index (χ4n) is 3.93. The van der Waals surface area contributed by atoms with E-state index in [-0.39, 0.29) is 11.6 Å². The molecule has 2 N–H and O–H groups in total. The van der Waals surface area contributed by atoms with Crippen LogP contribution in [-0.2, 0) is 0 Å². The van der Waals surface area contributed by atoms with E-state index in [2.05, 4.69) is 13.8 Å². The molecule has 4 atom stereocenters. The van der Waals surface area contributed by atoms with E-state index in [1.54, 1.807) is 7.11 Å². The molecule has 1 aromatic rings. The van der Waals surface area contributed by atoms with Gasteiger partial charge in [0.25, 0.3) is 0 Å². The number of rotatable bonds is 1. The van der Waals surface area contributed by atoms with Crippen LogP contribution in [0.3, 0.4) is 0 Å². The highest BCUT2D eigenvalue weighted by Crippen LogP contribution is 2.50. The summed E-state index contributed by atoms with van der Waals surface area (Å²) in [5.41, 5.74) is 7.46. The zero-order chi connectivity index (χ0) is 14.3. The van der Waals surface area contributed by atoms with E-state index in [0.717, 1.165) is 29.9 Å². The summed E-state index contributed by atoms with van der Waals surface area (Å²) in [6.07, 6.45) is 4.57. The lowest BCUT2D eigenvalue weighted by molar-refractivity contribution is -0.0615. The zero-order valence-corrected chi connectivity index (χ0v) is 12.7. The second-order valence-electron chi connectivity index (χ2n) is 6.54. The van der Waals surface area contributed by atoms with Crippen molar-refractivity contribution in [3.8, 4) is 11.5 Å². The Kier molecular flexibility index (Phi) is 3.41. The topological polar surface area (TPSA) is 44.5 Å². The number of nitrogens with two attached hydrogens (primary N) is 1. The van der Waals surface area contributed by atoms with Crippen molar-refractivity contribution >= 4 is 0 Å². The second kappa shape index (κ2) is 4.96. The van der Waals surface area contributed by atoms with Crippen molar-refractivity contribution in [3.63, 3.8) is 0 Å². The smallest absolute Gasteiger partial charge is 0.128 e. The van der Waals surface area contributed by atoms with Crippen molar-refractivity contribution in [1.82, 2.24) is 0 Å². The van der Waals surface area contributed by atoms with Gasteiger partial charge in [-0.3, -0.25) is 0 Å². The number of hydrogen-bond donors (Lipinski definition) is 1. The molecule has 1 aliphatic carbocycles. The molecule has 20 heavy (non-hydrogen) atoms. The van der Waals surface area contributed by atoms with Crippen LogP contribution in [0, 0.1) is 11.8 Å². The van der Waals surface area contributed by atoms with E-state index in [1.165, 1.54) is 12.8 Å². The summed E-state index contributed by atoms with van der Waals surface area (Å²) in [5.74, 6) is 3.00. The normalized spacial score (nSPS) is 36.3. The summed E-state index contributed by atoms with van der Waals surface area (Å²) in [4.78, 5) is 0. The molecule has 0 radical (unpaired) electrons. The van der Waals surface area contributed by atoms with Gasteiger partial charge in [0.15, 0.2) is 0 Å². The first kappa shape index (κ1) is 13.7. The predicted molar refractivity (Wildman–Crippen MR) is 80.1 cm³/mol.